The van der Waals surface area contributed by atoms with E-state index < -0.39 is 36.4 Å². The van der Waals surface area contributed by atoms with Crippen molar-refractivity contribution in [2.75, 3.05) is 19.0 Å². The standard InChI is InChI=1S/C11H16FN3O4/c1-11(12)8(17)6(5-16)19-9(11)15-4-3-7(13-2)14-10(15)18/h3-4,6,8-9,16-17H,5H2,1-2H3,(H,13,14,18)/t6-,8?,9-,11-/m1/s1. The van der Waals surface area contributed by atoms with E-state index in [2.05, 4.69) is 10.3 Å². The first-order valence-corrected chi connectivity index (χ1v) is 5.82. The number of halogens is 1. The lowest BCUT2D eigenvalue weighted by Crippen LogP contribution is -2.42. The Labute approximate surface area is 108 Å². The largest absolute Gasteiger partial charge is 0.394 e. The Kier molecular flexibility index (Phi) is 3.57. The van der Waals surface area contributed by atoms with Crippen LogP contribution >= 0.6 is 0 Å². The van der Waals surface area contributed by atoms with E-state index in [9.17, 15) is 14.3 Å². The molecule has 106 valence electrons. The van der Waals surface area contributed by atoms with Gasteiger partial charge >= 0.3 is 5.69 Å². The average Bonchev–Trinajstić information content (AvgIpc) is 2.61. The van der Waals surface area contributed by atoms with Gasteiger partial charge < -0.3 is 20.3 Å². The summed E-state index contributed by atoms with van der Waals surface area (Å²) < 4.78 is 20.6. The molecular formula is C11H16FN3O4. The smallest absolute Gasteiger partial charge is 0.351 e. The van der Waals surface area contributed by atoms with Gasteiger partial charge in [-0.3, -0.25) is 4.57 Å². The summed E-state index contributed by atoms with van der Waals surface area (Å²) in [5.41, 5.74) is -2.90. The van der Waals surface area contributed by atoms with Gasteiger partial charge in [0.2, 0.25) is 0 Å². The predicted molar refractivity (Wildman–Crippen MR) is 64.6 cm³/mol. The molecule has 0 amide bonds. The normalized spacial score (nSPS) is 34.5. The molecule has 1 aromatic rings. The molecule has 0 radical (unpaired) electrons. The van der Waals surface area contributed by atoms with Crippen LogP contribution in [0.5, 0.6) is 0 Å². The van der Waals surface area contributed by atoms with Gasteiger partial charge in [-0.1, -0.05) is 0 Å². The maximum absolute atomic E-state index is 14.5. The molecule has 0 saturated carbocycles. The SMILES string of the molecule is CNc1ccn([C@@H]2O[C@H](CO)C(O)[C@@]2(C)F)c(=O)n1. The van der Waals surface area contributed by atoms with Crippen molar-refractivity contribution < 1.29 is 19.3 Å². The van der Waals surface area contributed by atoms with Crippen molar-refractivity contribution in [3.8, 4) is 0 Å². The van der Waals surface area contributed by atoms with Gasteiger partial charge in [0.05, 0.1) is 6.61 Å². The lowest BCUT2D eigenvalue weighted by molar-refractivity contribution is -0.0610. The van der Waals surface area contributed by atoms with Gasteiger partial charge in [0.1, 0.15) is 18.0 Å². The van der Waals surface area contributed by atoms with Crippen LogP contribution in [-0.2, 0) is 4.74 Å². The maximum atomic E-state index is 14.5. The Morgan fingerprint density at radius 2 is 2.37 bits per heavy atom. The van der Waals surface area contributed by atoms with Crippen LogP contribution in [-0.4, -0.2) is 51.3 Å². The Hall–Kier alpha value is -1.51. The molecule has 1 saturated heterocycles. The van der Waals surface area contributed by atoms with E-state index in [4.69, 9.17) is 9.84 Å². The minimum atomic E-state index is -2.19. The fourth-order valence-corrected chi connectivity index (χ4v) is 2.09. The lowest BCUT2D eigenvalue weighted by Gasteiger charge is -2.24. The fourth-order valence-electron chi connectivity index (χ4n) is 2.09. The zero-order valence-corrected chi connectivity index (χ0v) is 10.6. The summed E-state index contributed by atoms with van der Waals surface area (Å²) in [5, 5.41) is 21.4. The number of aromatic nitrogens is 2. The third-order valence-electron chi connectivity index (χ3n) is 3.24. The summed E-state index contributed by atoms with van der Waals surface area (Å²) >= 11 is 0. The second-order valence-corrected chi connectivity index (χ2v) is 4.56. The molecule has 0 spiro atoms. The van der Waals surface area contributed by atoms with Crippen LogP contribution in [0.15, 0.2) is 17.1 Å². The summed E-state index contributed by atoms with van der Waals surface area (Å²) in [6, 6.07) is 1.49. The number of aliphatic hydroxyl groups is 2. The highest BCUT2D eigenvalue weighted by molar-refractivity contribution is 5.30. The van der Waals surface area contributed by atoms with Gasteiger partial charge in [0.25, 0.3) is 0 Å². The molecule has 19 heavy (non-hydrogen) atoms. The zero-order valence-electron chi connectivity index (χ0n) is 10.6. The van der Waals surface area contributed by atoms with Crippen LogP contribution in [0.2, 0.25) is 0 Å². The number of nitrogens with one attached hydrogen (secondary N) is 1. The molecule has 0 bridgehead atoms. The molecule has 1 fully saturated rings. The minimum Gasteiger partial charge on any atom is -0.394 e. The highest BCUT2D eigenvalue weighted by atomic mass is 19.1. The number of hydrogen-bond donors (Lipinski definition) is 3. The van der Waals surface area contributed by atoms with E-state index in [0.29, 0.717) is 5.82 Å². The Balaban J connectivity index is 2.39. The van der Waals surface area contributed by atoms with Crippen molar-refractivity contribution in [1.82, 2.24) is 9.55 Å². The first-order chi connectivity index (χ1) is 8.91. The van der Waals surface area contributed by atoms with Crippen molar-refractivity contribution in [2.45, 2.75) is 31.0 Å². The first kappa shape index (κ1) is 13.9. The minimum absolute atomic E-state index is 0.346. The third kappa shape index (κ3) is 2.22. The molecular weight excluding hydrogens is 257 g/mol. The van der Waals surface area contributed by atoms with Gasteiger partial charge in [-0.2, -0.15) is 4.98 Å². The molecule has 2 heterocycles. The number of alkyl halides is 1. The summed E-state index contributed by atoms with van der Waals surface area (Å²) in [4.78, 5) is 15.5. The van der Waals surface area contributed by atoms with E-state index in [1.165, 1.54) is 12.3 Å². The molecule has 8 heteroatoms. The number of rotatable bonds is 3. The van der Waals surface area contributed by atoms with Crippen LogP contribution in [0, 0.1) is 0 Å². The molecule has 0 aromatic carbocycles. The quantitative estimate of drug-likeness (QED) is 0.671. The van der Waals surface area contributed by atoms with E-state index >= 15 is 0 Å². The topological polar surface area (TPSA) is 96.6 Å². The van der Waals surface area contributed by atoms with Gasteiger partial charge in [-0.25, -0.2) is 9.18 Å². The maximum Gasteiger partial charge on any atom is 0.351 e. The highest BCUT2D eigenvalue weighted by Gasteiger charge is 2.55. The molecule has 1 aromatic heterocycles. The van der Waals surface area contributed by atoms with Crippen molar-refractivity contribution in [3.63, 3.8) is 0 Å². The Morgan fingerprint density at radius 3 is 2.84 bits per heavy atom. The summed E-state index contributed by atoms with van der Waals surface area (Å²) in [5.74, 6) is 0.346. The molecule has 3 N–H and O–H groups in total. The van der Waals surface area contributed by atoms with Crippen molar-refractivity contribution in [2.24, 2.45) is 0 Å². The second-order valence-electron chi connectivity index (χ2n) is 4.56. The van der Waals surface area contributed by atoms with E-state index in [0.717, 1.165) is 11.5 Å². The van der Waals surface area contributed by atoms with Crippen LogP contribution in [0.4, 0.5) is 10.2 Å². The van der Waals surface area contributed by atoms with Gasteiger partial charge in [0, 0.05) is 13.2 Å². The molecule has 1 aliphatic rings. The number of nitrogens with zero attached hydrogens (tertiary/aromatic N) is 2. The first-order valence-electron chi connectivity index (χ1n) is 5.82. The number of hydrogen-bond acceptors (Lipinski definition) is 6. The number of anilines is 1. The second kappa shape index (κ2) is 4.87. The van der Waals surface area contributed by atoms with Crippen LogP contribution in [0.3, 0.4) is 0 Å². The summed E-state index contributed by atoms with van der Waals surface area (Å²) in [7, 11) is 1.60. The van der Waals surface area contributed by atoms with Gasteiger partial charge in [-0.05, 0) is 13.0 Å². The van der Waals surface area contributed by atoms with Crippen LogP contribution in [0.25, 0.3) is 0 Å². The molecule has 0 aliphatic carbocycles. The van der Waals surface area contributed by atoms with E-state index in [1.807, 2.05) is 0 Å². The van der Waals surface area contributed by atoms with Gasteiger partial charge in [-0.15, -0.1) is 0 Å². The summed E-state index contributed by atoms with van der Waals surface area (Å²) in [6.07, 6.45) is -2.59. The third-order valence-corrected chi connectivity index (χ3v) is 3.24. The zero-order chi connectivity index (χ0) is 14.2. The molecule has 7 nitrogen and oxygen atoms in total. The van der Waals surface area contributed by atoms with Crippen molar-refractivity contribution >= 4 is 5.82 Å². The predicted octanol–water partition coefficient (Wildman–Crippen LogP) is -0.736. The Morgan fingerprint density at radius 1 is 1.68 bits per heavy atom. The molecule has 2 rings (SSSR count). The Bertz CT molecular complexity index is 519. The monoisotopic (exact) mass is 273 g/mol. The molecule has 1 aliphatic heterocycles. The number of aliphatic hydroxyl groups excluding tert-OH is 2. The highest BCUT2D eigenvalue weighted by Crippen LogP contribution is 2.40. The van der Waals surface area contributed by atoms with Crippen molar-refractivity contribution in [3.05, 3.63) is 22.7 Å². The number of ether oxygens (including phenoxy) is 1. The van der Waals surface area contributed by atoms with Crippen LogP contribution < -0.4 is 11.0 Å². The summed E-state index contributed by atoms with van der Waals surface area (Å²) in [6.45, 7) is 0.588. The molecule has 4 atom stereocenters. The van der Waals surface area contributed by atoms with Gasteiger partial charge in [0.15, 0.2) is 11.9 Å². The van der Waals surface area contributed by atoms with E-state index in [1.54, 1.807) is 7.05 Å². The fraction of sp³-hybridized carbons (Fsp3) is 0.636. The molecule has 1 unspecified atom stereocenters. The van der Waals surface area contributed by atoms with Crippen molar-refractivity contribution in [1.29, 1.82) is 0 Å². The lowest BCUT2D eigenvalue weighted by atomic mass is 9.98. The average molecular weight is 273 g/mol. The van der Waals surface area contributed by atoms with E-state index in [-0.39, 0.29) is 0 Å². The van der Waals surface area contributed by atoms with Crippen LogP contribution in [0.1, 0.15) is 13.2 Å².